The third-order valence-corrected chi connectivity index (χ3v) is 9.27. The van der Waals surface area contributed by atoms with E-state index in [4.69, 9.17) is 0 Å². The van der Waals surface area contributed by atoms with Crippen molar-refractivity contribution in [1.82, 2.24) is 11.4 Å². The summed E-state index contributed by atoms with van der Waals surface area (Å²) >= 11 is 6.14. The van der Waals surface area contributed by atoms with Gasteiger partial charge in [0, 0.05) is 0 Å². The van der Waals surface area contributed by atoms with E-state index in [0.29, 0.717) is 0 Å². The number of nitrogens with zero attached hydrogens (tertiary/aromatic N) is 4. The first kappa shape index (κ1) is 34.9. The number of hydrogen-bond donors (Lipinski definition) is 0. The fourth-order valence-electron chi connectivity index (χ4n) is 0.894. The average molecular weight is 653 g/mol. The molecule has 0 saturated carbocycles. The van der Waals surface area contributed by atoms with E-state index in [2.05, 4.69) is 66.8 Å². The van der Waals surface area contributed by atoms with Crippen LogP contribution >= 0.6 is 0 Å². The van der Waals surface area contributed by atoms with Gasteiger partial charge < -0.3 is 0 Å². The van der Waals surface area contributed by atoms with Crippen LogP contribution in [-0.2, 0) is 100 Å². The predicted octanol–water partition coefficient (Wildman–Crippen LogP) is 3.16. The number of rotatable bonds is 8. The molecule has 4 nitrogen and oxygen atoms in total. The molecule has 0 heterocycles. The molecule has 0 amide bonds. The molecule has 0 rings (SSSR count). The molecular formula is C16H40N4Zr4. The molecule has 8 heteroatoms. The van der Waals surface area contributed by atoms with Crippen LogP contribution in [-0.4, -0.2) is 63.7 Å². The fraction of sp³-hybridized carbons (Fsp3) is 1.00. The Morgan fingerprint density at radius 1 is 0.333 bits per heavy atom. The van der Waals surface area contributed by atoms with Gasteiger partial charge in [-0.2, -0.15) is 0 Å². The van der Waals surface area contributed by atoms with Crippen LogP contribution in [0.5, 0.6) is 0 Å². The quantitative estimate of drug-likeness (QED) is 0.400. The topological polar surface area (TPSA) is 13.0 Å². The van der Waals surface area contributed by atoms with E-state index < -0.39 is 0 Å². The molecule has 0 bridgehead atoms. The summed E-state index contributed by atoms with van der Waals surface area (Å²) in [5.74, 6) is 0. The van der Waals surface area contributed by atoms with Crippen LogP contribution in [0.25, 0.3) is 0 Å². The molecule has 0 fully saturated rings. The van der Waals surface area contributed by atoms with Crippen LogP contribution in [0.4, 0.5) is 0 Å². The van der Waals surface area contributed by atoms with E-state index in [9.17, 15) is 0 Å². The van der Waals surface area contributed by atoms with Gasteiger partial charge in [-0.25, -0.2) is 0 Å². The van der Waals surface area contributed by atoms with Crippen molar-refractivity contribution in [3.05, 3.63) is 0 Å². The Balaban J connectivity index is -0.000000111. The molecule has 0 aromatic carbocycles. The SMILES string of the molecule is CC[N]([Zr])CC.CC[N]([Zr])CC.CC[N]([Zr])CC.CC[N]([Zr])CC. The van der Waals surface area contributed by atoms with Crippen LogP contribution in [0.15, 0.2) is 0 Å². The predicted molar refractivity (Wildman–Crippen MR) is 91.7 cm³/mol. The summed E-state index contributed by atoms with van der Waals surface area (Å²) < 4.78 is 9.36. The number of hydrogen-bond acceptors (Lipinski definition) is 4. The summed E-state index contributed by atoms with van der Waals surface area (Å²) in [7, 11) is 0. The molecule has 0 N–H and O–H groups in total. The second-order valence-corrected chi connectivity index (χ2v) is 10.9. The second-order valence-electron chi connectivity index (χ2n) is 4.69. The zero-order chi connectivity index (χ0) is 20.0. The van der Waals surface area contributed by atoms with Crippen LogP contribution in [0.1, 0.15) is 55.4 Å². The molecule has 0 spiro atoms. The first-order valence-electron chi connectivity index (χ1n) is 9.08. The van der Waals surface area contributed by atoms with E-state index in [0.717, 1.165) is 0 Å². The van der Waals surface area contributed by atoms with Gasteiger partial charge in [0.05, 0.1) is 0 Å². The molecule has 0 atom stereocenters. The van der Waals surface area contributed by atoms with E-state index in [1.54, 1.807) is 0 Å². The summed E-state index contributed by atoms with van der Waals surface area (Å²) in [6.45, 7) is 27.1. The van der Waals surface area contributed by atoms with Crippen molar-refractivity contribution in [3.8, 4) is 0 Å². The molecule has 0 saturated heterocycles. The van der Waals surface area contributed by atoms with Gasteiger partial charge in [0.2, 0.25) is 0 Å². The summed E-state index contributed by atoms with van der Waals surface area (Å²) in [6.07, 6.45) is 0. The van der Waals surface area contributed by atoms with Crippen molar-refractivity contribution < 1.29 is 100 Å². The maximum absolute atomic E-state index is 2.34. The van der Waals surface area contributed by atoms with Gasteiger partial charge in [-0.3, -0.25) is 0 Å². The third kappa shape index (κ3) is 40.2. The molecule has 0 aromatic rings. The summed E-state index contributed by atoms with van der Waals surface area (Å²) in [5.41, 5.74) is 0. The standard InChI is InChI=1S/4C4H10N.4Zr/c4*1-3-5-4-2;;;;/h4*3-4H2,1-2H3;;;;/q4*-1;4*+1. The Labute approximate surface area is 216 Å². The van der Waals surface area contributed by atoms with Crippen molar-refractivity contribution in [2.24, 2.45) is 0 Å². The van der Waals surface area contributed by atoms with E-state index in [1.165, 1.54) is 152 Å². The van der Waals surface area contributed by atoms with Crippen molar-refractivity contribution in [2.75, 3.05) is 52.4 Å². The average Bonchev–Trinajstić information content (AvgIpc) is 2.66. The summed E-state index contributed by atoms with van der Waals surface area (Å²) in [5, 5.41) is 0. The zero-order valence-electron chi connectivity index (χ0n) is 17.4. The zero-order valence-corrected chi connectivity index (χ0v) is 27.3. The third-order valence-electron chi connectivity index (χ3n) is 3.05. The molecule has 24 heavy (non-hydrogen) atoms. The Bertz CT molecular complexity index is 147. The summed E-state index contributed by atoms with van der Waals surface area (Å²) in [6, 6.07) is 0. The monoisotopic (exact) mass is 648 g/mol. The first-order chi connectivity index (χ1) is 11.2. The molecule has 0 aromatic heterocycles. The normalized spacial score (nSPS) is 9.67. The molecule has 0 aliphatic carbocycles. The van der Waals surface area contributed by atoms with E-state index in [1.807, 2.05) is 0 Å². The Kier molecular flexibility index (Phi) is 45.1. The van der Waals surface area contributed by atoms with E-state index >= 15 is 0 Å². The Hall–Kier alpha value is 3.37. The van der Waals surface area contributed by atoms with Gasteiger partial charge in [-0.05, 0) is 0 Å². The fourth-order valence-corrected chi connectivity index (χ4v) is 0.894. The Morgan fingerprint density at radius 3 is 0.417 bits per heavy atom. The molecule has 0 aliphatic rings. The molecule has 140 valence electrons. The minimum absolute atomic E-state index is 1.20. The van der Waals surface area contributed by atoms with E-state index in [-0.39, 0.29) is 0 Å². The molecule has 0 unspecified atom stereocenters. The maximum atomic E-state index is 2.34. The van der Waals surface area contributed by atoms with Gasteiger partial charge in [0.15, 0.2) is 0 Å². The summed E-state index contributed by atoms with van der Waals surface area (Å²) in [4.78, 5) is 0. The van der Waals surface area contributed by atoms with Crippen LogP contribution in [0, 0.1) is 0 Å². The van der Waals surface area contributed by atoms with Crippen LogP contribution < -0.4 is 0 Å². The van der Waals surface area contributed by atoms with Gasteiger partial charge in [-0.1, -0.05) is 0 Å². The van der Waals surface area contributed by atoms with Crippen molar-refractivity contribution in [2.45, 2.75) is 55.4 Å². The van der Waals surface area contributed by atoms with Crippen LogP contribution in [0.2, 0.25) is 0 Å². The van der Waals surface area contributed by atoms with Gasteiger partial charge >= 0.3 is 219 Å². The van der Waals surface area contributed by atoms with Crippen LogP contribution in [0.3, 0.4) is 0 Å². The van der Waals surface area contributed by atoms with Crippen molar-refractivity contribution in [1.29, 1.82) is 0 Å². The molecule has 0 aliphatic heterocycles. The molecule has 0 radical (unpaired) electrons. The van der Waals surface area contributed by atoms with Gasteiger partial charge in [-0.15, -0.1) is 0 Å². The minimum atomic E-state index is 1.20. The molecular weight excluding hydrogens is 613 g/mol. The van der Waals surface area contributed by atoms with Crippen molar-refractivity contribution in [3.63, 3.8) is 0 Å². The first-order valence-corrected chi connectivity index (χ1v) is 13.5. The van der Waals surface area contributed by atoms with Gasteiger partial charge in [0.25, 0.3) is 0 Å². The Morgan fingerprint density at radius 2 is 0.417 bits per heavy atom. The van der Waals surface area contributed by atoms with Gasteiger partial charge in [0.1, 0.15) is 0 Å². The second kappa shape index (κ2) is 31.1. The van der Waals surface area contributed by atoms with Crippen molar-refractivity contribution >= 4 is 0 Å².